The van der Waals surface area contributed by atoms with Crippen LogP contribution in [0.15, 0.2) is 29.4 Å². The summed E-state index contributed by atoms with van der Waals surface area (Å²) in [6.07, 6.45) is 0. The van der Waals surface area contributed by atoms with Gasteiger partial charge in [-0.2, -0.15) is 0 Å². The van der Waals surface area contributed by atoms with Gasteiger partial charge in [-0.1, -0.05) is 17.8 Å². The fraction of sp³-hybridized carbons (Fsp3) is 0.231. The molecule has 0 aliphatic heterocycles. The van der Waals surface area contributed by atoms with Crippen molar-refractivity contribution in [1.29, 1.82) is 0 Å². The number of halogens is 2. The van der Waals surface area contributed by atoms with E-state index < -0.39 is 11.6 Å². The Balaban J connectivity index is 2.16. The molecular formula is C13H12F2N2S. The minimum Gasteiger partial charge on any atom is -0.228 e. The third-order valence-corrected chi connectivity index (χ3v) is 3.24. The average molecular weight is 266 g/mol. The molecule has 0 unspecified atom stereocenters. The highest BCUT2D eigenvalue weighted by atomic mass is 32.2. The smallest absolute Gasteiger partial charge is 0.188 e. The quantitative estimate of drug-likeness (QED) is 0.626. The van der Waals surface area contributed by atoms with Crippen molar-refractivity contribution in [3.05, 3.63) is 52.9 Å². The van der Waals surface area contributed by atoms with Crippen LogP contribution in [-0.4, -0.2) is 9.97 Å². The van der Waals surface area contributed by atoms with Crippen molar-refractivity contribution in [2.75, 3.05) is 0 Å². The predicted molar refractivity (Wildman–Crippen MR) is 67.4 cm³/mol. The van der Waals surface area contributed by atoms with Gasteiger partial charge in [-0.15, -0.1) is 0 Å². The van der Waals surface area contributed by atoms with Gasteiger partial charge in [0.2, 0.25) is 0 Å². The van der Waals surface area contributed by atoms with Crippen molar-refractivity contribution in [2.45, 2.75) is 24.8 Å². The SMILES string of the molecule is Cc1cc(C)nc(SCc2c(F)cccc2F)n1. The monoisotopic (exact) mass is 266 g/mol. The molecule has 1 heterocycles. The molecule has 0 saturated carbocycles. The van der Waals surface area contributed by atoms with Crippen molar-refractivity contribution in [2.24, 2.45) is 0 Å². The maximum Gasteiger partial charge on any atom is 0.188 e. The second-order valence-corrected chi connectivity index (χ2v) is 4.86. The van der Waals surface area contributed by atoms with Gasteiger partial charge in [0.05, 0.1) is 0 Å². The zero-order chi connectivity index (χ0) is 13.1. The van der Waals surface area contributed by atoms with E-state index in [0.717, 1.165) is 11.4 Å². The first-order valence-electron chi connectivity index (χ1n) is 5.44. The number of hydrogen-bond donors (Lipinski definition) is 0. The molecule has 2 aromatic rings. The Kier molecular flexibility index (Phi) is 3.91. The lowest BCUT2D eigenvalue weighted by molar-refractivity contribution is 0.566. The van der Waals surface area contributed by atoms with Gasteiger partial charge >= 0.3 is 0 Å². The van der Waals surface area contributed by atoms with Crippen LogP contribution >= 0.6 is 11.8 Å². The molecule has 2 nitrogen and oxygen atoms in total. The van der Waals surface area contributed by atoms with Gasteiger partial charge in [0, 0.05) is 22.7 Å². The number of hydrogen-bond acceptors (Lipinski definition) is 3. The van der Waals surface area contributed by atoms with E-state index in [1.807, 2.05) is 19.9 Å². The molecule has 1 aromatic carbocycles. The molecule has 0 aliphatic rings. The summed E-state index contributed by atoms with van der Waals surface area (Å²) in [5.41, 5.74) is 1.75. The van der Waals surface area contributed by atoms with E-state index in [1.54, 1.807) is 0 Å². The van der Waals surface area contributed by atoms with Crippen molar-refractivity contribution in [1.82, 2.24) is 9.97 Å². The Morgan fingerprint density at radius 1 is 1.06 bits per heavy atom. The topological polar surface area (TPSA) is 25.8 Å². The van der Waals surface area contributed by atoms with E-state index in [9.17, 15) is 8.78 Å². The molecule has 0 N–H and O–H groups in total. The largest absolute Gasteiger partial charge is 0.228 e. The van der Waals surface area contributed by atoms with Crippen LogP contribution in [0, 0.1) is 25.5 Å². The summed E-state index contributed by atoms with van der Waals surface area (Å²) in [5, 5.41) is 0.537. The first-order chi connectivity index (χ1) is 8.56. The summed E-state index contributed by atoms with van der Waals surface area (Å²) in [5.74, 6) is -0.889. The summed E-state index contributed by atoms with van der Waals surface area (Å²) in [4.78, 5) is 8.43. The third kappa shape index (κ3) is 3.04. The lowest BCUT2D eigenvalue weighted by atomic mass is 10.2. The molecule has 0 amide bonds. The van der Waals surface area contributed by atoms with E-state index in [2.05, 4.69) is 9.97 Å². The first kappa shape index (κ1) is 13.0. The minimum atomic E-state index is -0.535. The molecule has 0 atom stereocenters. The van der Waals surface area contributed by atoms with Crippen LogP contribution in [-0.2, 0) is 5.75 Å². The summed E-state index contributed by atoms with van der Waals surface area (Å²) in [6.45, 7) is 3.73. The molecule has 0 saturated heterocycles. The zero-order valence-corrected chi connectivity index (χ0v) is 10.9. The molecule has 5 heteroatoms. The average Bonchev–Trinajstić information content (AvgIpc) is 2.27. The molecule has 0 radical (unpaired) electrons. The highest BCUT2D eigenvalue weighted by molar-refractivity contribution is 7.98. The van der Waals surface area contributed by atoms with Gasteiger partial charge in [-0.05, 0) is 32.0 Å². The fourth-order valence-electron chi connectivity index (χ4n) is 1.57. The Hall–Kier alpha value is -1.49. The van der Waals surface area contributed by atoms with Gasteiger partial charge < -0.3 is 0 Å². The van der Waals surface area contributed by atoms with Gasteiger partial charge in [0.1, 0.15) is 11.6 Å². The maximum atomic E-state index is 13.4. The number of benzene rings is 1. The predicted octanol–water partition coefficient (Wildman–Crippen LogP) is 3.66. The zero-order valence-electron chi connectivity index (χ0n) is 10.1. The second kappa shape index (κ2) is 5.44. The number of rotatable bonds is 3. The van der Waals surface area contributed by atoms with E-state index in [4.69, 9.17) is 0 Å². The normalized spacial score (nSPS) is 10.7. The van der Waals surface area contributed by atoms with Crippen LogP contribution in [0.2, 0.25) is 0 Å². The van der Waals surface area contributed by atoms with Crippen LogP contribution in [0.3, 0.4) is 0 Å². The molecule has 2 rings (SSSR count). The minimum absolute atomic E-state index is 0.0604. The molecule has 0 bridgehead atoms. The van der Waals surface area contributed by atoms with Crippen LogP contribution in [0.5, 0.6) is 0 Å². The van der Waals surface area contributed by atoms with Crippen molar-refractivity contribution < 1.29 is 8.78 Å². The van der Waals surface area contributed by atoms with E-state index in [0.29, 0.717) is 5.16 Å². The summed E-state index contributed by atoms with van der Waals surface area (Å²) >= 11 is 1.23. The number of nitrogens with zero attached hydrogens (tertiary/aromatic N) is 2. The Morgan fingerprint density at radius 3 is 2.17 bits per heavy atom. The Labute approximate surface area is 108 Å². The first-order valence-corrected chi connectivity index (χ1v) is 6.43. The van der Waals surface area contributed by atoms with Crippen molar-refractivity contribution >= 4 is 11.8 Å². The Bertz CT molecular complexity index is 532. The number of thioether (sulfide) groups is 1. The molecule has 94 valence electrons. The Morgan fingerprint density at radius 2 is 1.61 bits per heavy atom. The van der Waals surface area contributed by atoms with Crippen molar-refractivity contribution in [3.8, 4) is 0 Å². The molecular weight excluding hydrogens is 254 g/mol. The standard InChI is InChI=1S/C13H12F2N2S/c1-8-6-9(2)17-13(16-8)18-7-10-11(14)4-3-5-12(10)15/h3-6H,7H2,1-2H3. The van der Waals surface area contributed by atoms with Crippen molar-refractivity contribution in [3.63, 3.8) is 0 Å². The second-order valence-electron chi connectivity index (χ2n) is 3.92. The lowest BCUT2D eigenvalue weighted by Crippen LogP contribution is -1.96. The number of aryl methyl sites for hydroxylation is 2. The summed E-state index contributed by atoms with van der Waals surface area (Å²) in [6, 6.07) is 5.71. The van der Waals surface area contributed by atoms with Gasteiger partial charge in [-0.25, -0.2) is 18.7 Å². The van der Waals surface area contributed by atoms with E-state index in [-0.39, 0.29) is 11.3 Å². The summed E-state index contributed by atoms with van der Waals surface area (Å²) < 4.78 is 26.8. The number of aromatic nitrogens is 2. The van der Waals surface area contributed by atoms with Crippen LogP contribution in [0.1, 0.15) is 17.0 Å². The van der Waals surface area contributed by atoms with Crippen LogP contribution in [0.4, 0.5) is 8.78 Å². The van der Waals surface area contributed by atoms with Crippen LogP contribution < -0.4 is 0 Å². The van der Waals surface area contributed by atoms with Gasteiger partial charge in [0.15, 0.2) is 5.16 Å². The molecule has 0 aliphatic carbocycles. The fourth-order valence-corrected chi connectivity index (χ4v) is 2.53. The highest BCUT2D eigenvalue weighted by Crippen LogP contribution is 2.23. The van der Waals surface area contributed by atoms with E-state index >= 15 is 0 Å². The lowest BCUT2D eigenvalue weighted by Gasteiger charge is -2.05. The van der Waals surface area contributed by atoms with E-state index in [1.165, 1.54) is 30.0 Å². The molecule has 0 spiro atoms. The summed E-state index contributed by atoms with van der Waals surface area (Å²) in [7, 11) is 0. The van der Waals surface area contributed by atoms with Gasteiger partial charge in [-0.3, -0.25) is 0 Å². The third-order valence-electron chi connectivity index (χ3n) is 2.37. The van der Waals surface area contributed by atoms with Gasteiger partial charge in [0.25, 0.3) is 0 Å². The van der Waals surface area contributed by atoms with Crippen LogP contribution in [0.25, 0.3) is 0 Å². The highest BCUT2D eigenvalue weighted by Gasteiger charge is 2.10. The molecule has 1 aromatic heterocycles. The molecule has 18 heavy (non-hydrogen) atoms. The molecule has 0 fully saturated rings. The maximum absolute atomic E-state index is 13.4.